The zero-order valence-electron chi connectivity index (χ0n) is 14.6. The lowest BCUT2D eigenvalue weighted by Gasteiger charge is -2.18. The first kappa shape index (κ1) is 17.5. The summed E-state index contributed by atoms with van der Waals surface area (Å²) in [6.07, 6.45) is 0.518. The molecule has 2 aromatic carbocycles. The minimum atomic E-state index is -0.656. The molecule has 1 saturated heterocycles. The molecule has 130 valence electrons. The second-order valence-electron chi connectivity index (χ2n) is 6.55. The van der Waals surface area contributed by atoms with E-state index in [1.807, 2.05) is 39.0 Å². The first-order valence-electron chi connectivity index (χ1n) is 8.32. The fourth-order valence-corrected chi connectivity index (χ4v) is 3.29. The van der Waals surface area contributed by atoms with Gasteiger partial charge < -0.3 is 10.2 Å². The standard InChI is InChI=1S/C20H21ClN2O2/c1-12-4-6-16(11-13(12)2)23-9-8-17(20(23)25)19(24)22-18-7-5-15(21)10-14(18)3/h4-7,10-11,17H,8-9H2,1-3H3,(H,22,24). The number of carbonyl (C=O) groups is 2. The van der Waals surface area contributed by atoms with Gasteiger partial charge in [0.05, 0.1) is 0 Å². The van der Waals surface area contributed by atoms with Gasteiger partial charge in [0.15, 0.2) is 0 Å². The van der Waals surface area contributed by atoms with Gasteiger partial charge in [0, 0.05) is 22.9 Å². The number of hydrogen-bond acceptors (Lipinski definition) is 2. The van der Waals surface area contributed by atoms with Crippen molar-refractivity contribution >= 4 is 34.8 Å². The Hall–Kier alpha value is -2.33. The molecule has 0 bridgehead atoms. The van der Waals surface area contributed by atoms with Gasteiger partial charge in [-0.25, -0.2) is 0 Å². The predicted octanol–water partition coefficient (Wildman–Crippen LogP) is 4.26. The number of hydrogen-bond donors (Lipinski definition) is 1. The van der Waals surface area contributed by atoms with E-state index in [0.717, 1.165) is 16.8 Å². The number of benzene rings is 2. The maximum atomic E-state index is 12.7. The van der Waals surface area contributed by atoms with Gasteiger partial charge in [0.1, 0.15) is 5.92 Å². The smallest absolute Gasteiger partial charge is 0.239 e. The van der Waals surface area contributed by atoms with E-state index >= 15 is 0 Å². The van der Waals surface area contributed by atoms with Crippen molar-refractivity contribution in [3.05, 3.63) is 58.1 Å². The minimum absolute atomic E-state index is 0.146. The summed E-state index contributed by atoms with van der Waals surface area (Å²) < 4.78 is 0. The second-order valence-corrected chi connectivity index (χ2v) is 6.98. The molecule has 0 spiro atoms. The van der Waals surface area contributed by atoms with Crippen LogP contribution < -0.4 is 10.2 Å². The molecule has 5 heteroatoms. The van der Waals surface area contributed by atoms with E-state index in [4.69, 9.17) is 11.6 Å². The number of carbonyl (C=O) groups excluding carboxylic acids is 2. The summed E-state index contributed by atoms with van der Waals surface area (Å²) in [6, 6.07) is 11.2. The van der Waals surface area contributed by atoms with Crippen LogP contribution in [0.4, 0.5) is 11.4 Å². The Labute approximate surface area is 152 Å². The van der Waals surface area contributed by atoms with Crippen LogP contribution in [-0.4, -0.2) is 18.4 Å². The summed E-state index contributed by atoms with van der Waals surface area (Å²) in [5.74, 6) is -1.06. The fraction of sp³-hybridized carbons (Fsp3) is 0.300. The molecule has 0 saturated carbocycles. The molecule has 0 aromatic heterocycles. The van der Waals surface area contributed by atoms with E-state index < -0.39 is 5.92 Å². The van der Waals surface area contributed by atoms with Crippen molar-refractivity contribution < 1.29 is 9.59 Å². The molecular formula is C20H21ClN2O2. The Morgan fingerprint density at radius 1 is 1.08 bits per heavy atom. The van der Waals surface area contributed by atoms with Crippen LogP contribution in [0.1, 0.15) is 23.1 Å². The van der Waals surface area contributed by atoms with Crippen molar-refractivity contribution in [1.82, 2.24) is 0 Å². The summed E-state index contributed by atoms with van der Waals surface area (Å²) in [6.45, 7) is 6.49. The van der Waals surface area contributed by atoms with Gasteiger partial charge in [-0.3, -0.25) is 9.59 Å². The van der Waals surface area contributed by atoms with Crippen LogP contribution in [0, 0.1) is 26.7 Å². The van der Waals surface area contributed by atoms with Crippen LogP contribution in [0.5, 0.6) is 0 Å². The fourth-order valence-electron chi connectivity index (χ4n) is 3.06. The highest BCUT2D eigenvalue weighted by Gasteiger charge is 2.37. The van der Waals surface area contributed by atoms with Crippen molar-refractivity contribution in [2.24, 2.45) is 5.92 Å². The molecule has 1 aliphatic heterocycles. The number of rotatable bonds is 3. The van der Waals surface area contributed by atoms with Crippen LogP contribution in [0.3, 0.4) is 0 Å². The Bertz CT molecular complexity index is 848. The Morgan fingerprint density at radius 2 is 1.84 bits per heavy atom. The Balaban J connectivity index is 1.74. The lowest BCUT2D eigenvalue weighted by Crippen LogP contribution is -2.33. The highest BCUT2D eigenvalue weighted by Crippen LogP contribution is 2.28. The summed E-state index contributed by atoms with van der Waals surface area (Å²) in [5.41, 5.74) is 4.73. The van der Waals surface area contributed by atoms with Gasteiger partial charge in [-0.1, -0.05) is 17.7 Å². The number of amides is 2. The van der Waals surface area contributed by atoms with Crippen molar-refractivity contribution in [1.29, 1.82) is 0 Å². The molecule has 2 aromatic rings. The van der Waals surface area contributed by atoms with Crippen molar-refractivity contribution in [3.8, 4) is 0 Å². The monoisotopic (exact) mass is 356 g/mol. The highest BCUT2D eigenvalue weighted by molar-refractivity contribution is 6.30. The van der Waals surface area contributed by atoms with Gasteiger partial charge in [-0.05, 0) is 74.2 Å². The molecule has 4 nitrogen and oxygen atoms in total. The van der Waals surface area contributed by atoms with E-state index in [-0.39, 0.29) is 11.8 Å². The number of nitrogens with zero attached hydrogens (tertiary/aromatic N) is 1. The van der Waals surface area contributed by atoms with Crippen LogP contribution in [0.25, 0.3) is 0 Å². The Morgan fingerprint density at radius 3 is 2.52 bits per heavy atom. The Kier molecular flexibility index (Phi) is 4.82. The average Bonchev–Trinajstić information content (AvgIpc) is 2.94. The van der Waals surface area contributed by atoms with Crippen molar-refractivity contribution in [3.63, 3.8) is 0 Å². The summed E-state index contributed by atoms with van der Waals surface area (Å²) in [5, 5.41) is 3.48. The van der Waals surface area contributed by atoms with Gasteiger partial charge in [0.2, 0.25) is 11.8 Å². The SMILES string of the molecule is Cc1ccc(N2CCC(C(=O)Nc3ccc(Cl)cc3C)C2=O)cc1C. The molecule has 0 aliphatic carbocycles. The maximum absolute atomic E-state index is 12.7. The molecule has 2 amide bonds. The molecule has 3 rings (SSSR count). The quantitative estimate of drug-likeness (QED) is 0.835. The molecule has 1 N–H and O–H groups in total. The van der Waals surface area contributed by atoms with Crippen LogP contribution in [-0.2, 0) is 9.59 Å². The third-order valence-electron chi connectivity index (χ3n) is 4.77. The zero-order valence-corrected chi connectivity index (χ0v) is 15.4. The number of anilines is 2. The molecule has 25 heavy (non-hydrogen) atoms. The third-order valence-corrected chi connectivity index (χ3v) is 5.01. The first-order valence-corrected chi connectivity index (χ1v) is 8.70. The molecule has 1 fully saturated rings. The van der Waals surface area contributed by atoms with Crippen molar-refractivity contribution in [2.45, 2.75) is 27.2 Å². The van der Waals surface area contributed by atoms with E-state index in [9.17, 15) is 9.59 Å². The lowest BCUT2D eigenvalue weighted by atomic mass is 10.1. The largest absolute Gasteiger partial charge is 0.325 e. The molecular weight excluding hydrogens is 336 g/mol. The van der Waals surface area contributed by atoms with E-state index in [1.54, 1.807) is 23.1 Å². The van der Waals surface area contributed by atoms with E-state index in [1.165, 1.54) is 5.56 Å². The molecule has 1 heterocycles. The van der Waals surface area contributed by atoms with Crippen LogP contribution in [0.2, 0.25) is 5.02 Å². The number of aryl methyl sites for hydroxylation is 3. The van der Waals surface area contributed by atoms with Gasteiger partial charge in [-0.2, -0.15) is 0 Å². The highest BCUT2D eigenvalue weighted by atomic mass is 35.5. The van der Waals surface area contributed by atoms with E-state index in [0.29, 0.717) is 23.7 Å². The first-order chi connectivity index (χ1) is 11.9. The minimum Gasteiger partial charge on any atom is -0.325 e. The summed E-state index contributed by atoms with van der Waals surface area (Å²) in [4.78, 5) is 27.0. The van der Waals surface area contributed by atoms with Gasteiger partial charge in [0.25, 0.3) is 0 Å². The topological polar surface area (TPSA) is 49.4 Å². The molecule has 1 unspecified atom stereocenters. The predicted molar refractivity (Wildman–Crippen MR) is 101 cm³/mol. The van der Waals surface area contributed by atoms with Gasteiger partial charge >= 0.3 is 0 Å². The second kappa shape index (κ2) is 6.89. The van der Waals surface area contributed by atoms with Crippen LogP contribution >= 0.6 is 11.6 Å². The molecule has 0 radical (unpaired) electrons. The normalized spacial score (nSPS) is 17.0. The molecule has 1 atom stereocenters. The van der Waals surface area contributed by atoms with Crippen molar-refractivity contribution in [2.75, 3.05) is 16.8 Å². The number of halogens is 1. The zero-order chi connectivity index (χ0) is 18.1. The molecule has 1 aliphatic rings. The number of nitrogens with one attached hydrogen (secondary N) is 1. The van der Waals surface area contributed by atoms with Crippen LogP contribution in [0.15, 0.2) is 36.4 Å². The summed E-state index contributed by atoms with van der Waals surface area (Å²) in [7, 11) is 0. The maximum Gasteiger partial charge on any atom is 0.239 e. The summed E-state index contributed by atoms with van der Waals surface area (Å²) >= 11 is 5.94. The van der Waals surface area contributed by atoms with E-state index in [2.05, 4.69) is 5.32 Å². The average molecular weight is 357 g/mol. The van der Waals surface area contributed by atoms with Gasteiger partial charge in [-0.15, -0.1) is 0 Å². The lowest BCUT2D eigenvalue weighted by molar-refractivity contribution is -0.129. The third kappa shape index (κ3) is 3.54.